The molecule has 104 valence electrons. The van der Waals surface area contributed by atoms with E-state index in [1.165, 1.54) is 25.7 Å². The third kappa shape index (κ3) is 3.45. The number of carbonyl (C=O) groups excluding carboxylic acids is 1. The minimum atomic E-state index is 0.0752. The van der Waals surface area contributed by atoms with Crippen molar-refractivity contribution in [3.8, 4) is 0 Å². The molecule has 1 N–H and O–H groups in total. The summed E-state index contributed by atoms with van der Waals surface area (Å²) in [6.45, 7) is 2.84. The lowest BCUT2D eigenvalue weighted by Crippen LogP contribution is -2.47. The standard InChI is InChI=1S/C14H27N3O/c1-16(2)12-8-10-17(11-12)14(18)13-7-5-3-4-6-9-15-13/h12-13,15H,3-11H2,1-2H3. The Morgan fingerprint density at radius 1 is 1.17 bits per heavy atom. The molecule has 0 aromatic carbocycles. The number of nitrogens with one attached hydrogen (secondary N) is 1. The van der Waals surface area contributed by atoms with Crippen molar-refractivity contribution >= 4 is 5.91 Å². The van der Waals surface area contributed by atoms with Crippen LogP contribution < -0.4 is 5.32 Å². The van der Waals surface area contributed by atoms with Crippen molar-refractivity contribution in [2.45, 2.75) is 50.6 Å². The summed E-state index contributed by atoms with van der Waals surface area (Å²) in [5.74, 6) is 0.334. The van der Waals surface area contributed by atoms with E-state index in [1.807, 2.05) is 0 Å². The topological polar surface area (TPSA) is 35.6 Å². The number of likely N-dealkylation sites (tertiary alicyclic amines) is 1. The SMILES string of the molecule is CN(C)C1CCN(C(=O)C2CCCCCCN2)C1. The molecule has 0 radical (unpaired) electrons. The molecule has 2 aliphatic rings. The quantitative estimate of drug-likeness (QED) is 0.799. The first-order chi connectivity index (χ1) is 8.68. The van der Waals surface area contributed by atoms with Crippen LogP contribution in [-0.2, 0) is 4.79 Å². The Morgan fingerprint density at radius 2 is 1.94 bits per heavy atom. The highest BCUT2D eigenvalue weighted by atomic mass is 16.2. The summed E-state index contributed by atoms with van der Waals surface area (Å²) < 4.78 is 0. The predicted molar refractivity (Wildman–Crippen MR) is 73.5 cm³/mol. The van der Waals surface area contributed by atoms with Gasteiger partial charge in [-0.1, -0.05) is 19.3 Å². The van der Waals surface area contributed by atoms with E-state index in [0.717, 1.165) is 32.5 Å². The average molecular weight is 253 g/mol. The molecule has 2 heterocycles. The van der Waals surface area contributed by atoms with Crippen molar-refractivity contribution in [2.75, 3.05) is 33.7 Å². The Bertz CT molecular complexity index is 272. The van der Waals surface area contributed by atoms with Crippen LogP contribution in [0.15, 0.2) is 0 Å². The van der Waals surface area contributed by atoms with E-state index in [-0.39, 0.29) is 6.04 Å². The van der Waals surface area contributed by atoms with E-state index in [2.05, 4.69) is 29.2 Å². The van der Waals surface area contributed by atoms with Crippen molar-refractivity contribution in [1.29, 1.82) is 0 Å². The Morgan fingerprint density at radius 3 is 2.67 bits per heavy atom. The predicted octanol–water partition coefficient (Wildman–Crippen LogP) is 1.07. The highest BCUT2D eigenvalue weighted by molar-refractivity contribution is 5.82. The molecule has 4 heteroatoms. The minimum absolute atomic E-state index is 0.0752. The van der Waals surface area contributed by atoms with Gasteiger partial charge in [0.2, 0.25) is 5.91 Å². The van der Waals surface area contributed by atoms with Crippen LogP contribution in [-0.4, -0.2) is 61.5 Å². The van der Waals surface area contributed by atoms with Gasteiger partial charge in [0.1, 0.15) is 0 Å². The molecule has 0 aromatic heterocycles. The average Bonchev–Trinajstić information content (AvgIpc) is 2.77. The lowest BCUT2D eigenvalue weighted by atomic mass is 10.0. The fourth-order valence-corrected chi connectivity index (χ4v) is 3.00. The maximum atomic E-state index is 12.5. The third-order valence-corrected chi connectivity index (χ3v) is 4.31. The molecule has 0 spiro atoms. The molecule has 2 unspecified atom stereocenters. The summed E-state index contributed by atoms with van der Waals surface area (Å²) in [6, 6.07) is 0.619. The molecule has 2 fully saturated rings. The summed E-state index contributed by atoms with van der Waals surface area (Å²) >= 11 is 0. The molecule has 0 saturated carbocycles. The molecule has 2 aliphatic heterocycles. The van der Waals surface area contributed by atoms with Crippen LogP contribution in [0.25, 0.3) is 0 Å². The molecule has 18 heavy (non-hydrogen) atoms. The maximum absolute atomic E-state index is 12.5. The minimum Gasteiger partial charge on any atom is -0.340 e. The van der Waals surface area contributed by atoms with E-state index in [0.29, 0.717) is 11.9 Å². The van der Waals surface area contributed by atoms with Crippen molar-refractivity contribution in [3.05, 3.63) is 0 Å². The Hall–Kier alpha value is -0.610. The van der Waals surface area contributed by atoms with Crippen LogP contribution in [0.1, 0.15) is 38.5 Å². The molecular weight excluding hydrogens is 226 g/mol. The van der Waals surface area contributed by atoms with Crippen molar-refractivity contribution in [2.24, 2.45) is 0 Å². The first kappa shape index (κ1) is 13.8. The second-order valence-corrected chi connectivity index (χ2v) is 5.90. The van der Waals surface area contributed by atoms with Crippen molar-refractivity contribution < 1.29 is 4.79 Å². The normalized spacial score (nSPS) is 30.3. The molecule has 0 aliphatic carbocycles. The highest BCUT2D eigenvalue weighted by Crippen LogP contribution is 2.17. The molecular formula is C14H27N3O. The van der Waals surface area contributed by atoms with Gasteiger partial charge in [0, 0.05) is 19.1 Å². The largest absolute Gasteiger partial charge is 0.340 e. The molecule has 1 amide bonds. The van der Waals surface area contributed by atoms with E-state index in [1.54, 1.807) is 0 Å². The summed E-state index contributed by atoms with van der Waals surface area (Å²) in [4.78, 5) is 16.8. The zero-order valence-electron chi connectivity index (χ0n) is 11.8. The van der Waals surface area contributed by atoms with Crippen LogP contribution in [0.2, 0.25) is 0 Å². The van der Waals surface area contributed by atoms with E-state index in [4.69, 9.17) is 0 Å². The number of nitrogens with zero attached hydrogens (tertiary/aromatic N) is 2. The lowest BCUT2D eigenvalue weighted by Gasteiger charge is -2.26. The number of hydrogen-bond acceptors (Lipinski definition) is 3. The van der Waals surface area contributed by atoms with Crippen LogP contribution >= 0.6 is 0 Å². The first-order valence-electron chi connectivity index (χ1n) is 7.37. The molecule has 2 rings (SSSR count). The second-order valence-electron chi connectivity index (χ2n) is 5.90. The van der Waals surface area contributed by atoms with Gasteiger partial charge in [-0.15, -0.1) is 0 Å². The smallest absolute Gasteiger partial charge is 0.239 e. The summed E-state index contributed by atoms with van der Waals surface area (Å²) in [6.07, 6.45) is 7.12. The van der Waals surface area contributed by atoms with Crippen LogP contribution in [0.3, 0.4) is 0 Å². The molecule has 4 nitrogen and oxygen atoms in total. The Kier molecular flexibility index (Phi) is 5.01. The van der Waals surface area contributed by atoms with Gasteiger partial charge in [-0.25, -0.2) is 0 Å². The third-order valence-electron chi connectivity index (χ3n) is 4.31. The molecule has 0 bridgehead atoms. The van der Waals surface area contributed by atoms with Gasteiger partial charge in [-0.05, 0) is 39.9 Å². The monoisotopic (exact) mass is 253 g/mol. The number of rotatable bonds is 2. The fourth-order valence-electron chi connectivity index (χ4n) is 3.00. The molecule has 0 aromatic rings. The zero-order chi connectivity index (χ0) is 13.0. The van der Waals surface area contributed by atoms with Crippen LogP contribution in [0.5, 0.6) is 0 Å². The number of likely N-dealkylation sites (N-methyl/N-ethyl adjacent to an activating group) is 1. The van der Waals surface area contributed by atoms with E-state index < -0.39 is 0 Å². The second kappa shape index (κ2) is 6.53. The van der Waals surface area contributed by atoms with Gasteiger partial charge in [-0.3, -0.25) is 4.79 Å². The van der Waals surface area contributed by atoms with Crippen LogP contribution in [0, 0.1) is 0 Å². The van der Waals surface area contributed by atoms with E-state index in [9.17, 15) is 4.79 Å². The fraction of sp³-hybridized carbons (Fsp3) is 0.929. The van der Waals surface area contributed by atoms with E-state index >= 15 is 0 Å². The Balaban J connectivity index is 1.86. The van der Waals surface area contributed by atoms with Crippen molar-refractivity contribution in [1.82, 2.24) is 15.1 Å². The summed E-state index contributed by atoms with van der Waals surface area (Å²) in [5.41, 5.74) is 0. The van der Waals surface area contributed by atoms with Gasteiger partial charge in [0.15, 0.2) is 0 Å². The number of carbonyl (C=O) groups is 1. The van der Waals surface area contributed by atoms with Crippen molar-refractivity contribution in [3.63, 3.8) is 0 Å². The van der Waals surface area contributed by atoms with Crippen LogP contribution in [0.4, 0.5) is 0 Å². The highest BCUT2D eigenvalue weighted by Gasteiger charge is 2.31. The van der Waals surface area contributed by atoms with Gasteiger partial charge in [0.05, 0.1) is 6.04 Å². The Labute approximate surface area is 111 Å². The van der Waals surface area contributed by atoms with Gasteiger partial charge >= 0.3 is 0 Å². The van der Waals surface area contributed by atoms with Gasteiger partial charge < -0.3 is 15.1 Å². The molecule has 2 atom stereocenters. The lowest BCUT2D eigenvalue weighted by molar-refractivity contribution is -0.132. The maximum Gasteiger partial charge on any atom is 0.239 e. The first-order valence-corrected chi connectivity index (χ1v) is 7.37. The zero-order valence-corrected chi connectivity index (χ0v) is 11.8. The number of amides is 1. The van der Waals surface area contributed by atoms with Gasteiger partial charge in [-0.2, -0.15) is 0 Å². The summed E-state index contributed by atoms with van der Waals surface area (Å²) in [5, 5.41) is 3.44. The van der Waals surface area contributed by atoms with Gasteiger partial charge in [0.25, 0.3) is 0 Å². The summed E-state index contributed by atoms with van der Waals surface area (Å²) in [7, 11) is 4.21. The molecule has 2 saturated heterocycles. The number of hydrogen-bond donors (Lipinski definition) is 1.